The zero-order valence-corrected chi connectivity index (χ0v) is 18.6. The van der Waals surface area contributed by atoms with Crippen LogP contribution in [0.4, 0.5) is 0 Å². The molecule has 0 aliphatic carbocycles. The first-order chi connectivity index (χ1) is 15.7. The maximum absolute atomic E-state index is 12.4. The highest BCUT2D eigenvalue weighted by atomic mass is 16.5. The molecule has 1 heterocycles. The van der Waals surface area contributed by atoms with E-state index in [-0.39, 0.29) is 5.88 Å². The van der Waals surface area contributed by atoms with E-state index in [4.69, 9.17) is 10.00 Å². The van der Waals surface area contributed by atoms with Crippen LogP contribution in [-0.4, -0.2) is 15.9 Å². The summed E-state index contributed by atoms with van der Waals surface area (Å²) in [5.41, 5.74) is 3.79. The van der Waals surface area contributed by atoms with Crippen molar-refractivity contribution in [3.05, 3.63) is 77.6 Å². The Bertz CT molecular complexity index is 1020. The van der Waals surface area contributed by atoms with Crippen LogP contribution in [0.5, 0.6) is 5.88 Å². The first-order valence-corrected chi connectivity index (χ1v) is 11.3. The lowest BCUT2D eigenvalue weighted by atomic mass is 10.0. The first-order valence-electron chi connectivity index (χ1n) is 11.3. The van der Waals surface area contributed by atoms with E-state index in [1.165, 1.54) is 56.7 Å². The first kappa shape index (κ1) is 23.1. The molecule has 0 N–H and O–H groups in total. The van der Waals surface area contributed by atoms with Crippen molar-refractivity contribution in [2.24, 2.45) is 0 Å². The molecule has 0 unspecified atom stereocenters. The molecule has 0 aliphatic heterocycles. The van der Waals surface area contributed by atoms with Crippen molar-refractivity contribution in [3.63, 3.8) is 0 Å². The molecule has 0 spiro atoms. The summed E-state index contributed by atoms with van der Waals surface area (Å²) in [5, 5.41) is 8.88. The average molecular weight is 428 g/mol. The lowest BCUT2D eigenvalue weighted by molar-refractivity contribution is 0.0727. The van der Waals surface area contributed by atoms with E-state index in [1.54, 1.807) is 30.5 Å². The van der Waals surface area contributed by atoms with Crippen LogP contribution in [0.3, 0.4) is 0 Å². The van der Waals surface area contributed by atoms with Gasteiger partial charge in [0.1, 0.15) is 0 Å². The maximum atomic E-state index is 12.4. The standard InChI is InChI=1S/C27H29N3O2/c1-2-3-4-5-6-7-8-9-21-10-16-24(17-11-21)27(31)32-26-20-29-25(19-30-26)23-14-12-22(18-28)13-15-23/h10-17,19-20H,2-9H2,1H3. The summed E-state index contributed by atoms with van der Waals surface area (Å²) in [6, 6.07) is 16.7. The summed E-state index contributed by atoms with van der Waals surface area (Å²) in [7, 11) is 0. The number of ether oxygens (including phenoxy) is 1. The molecule has 0 radical (unpaired) electrons. The Labute approximate surface area is 190 Å². The summed E-state index contributed by atoms with van der Waals surface area (Å²) in [6.07, 6.45) is 13.0. The number of hydrogen-bond donors (Lipinski definition) is 0. The van der Waals surface area contributed by atoms with E-state index in [9.17, 15) is 4.79 Å². The molecule has 0 aliphatic rings. The number of aryl methyl sites for hydroxylation is 1. The molecule has 1 aromatic heterocycles. The Hall–Kier alpha value is -3.52. The molecule has 0 saturated carbocycles. The van der Waals surface area contributed by atoms with Crippen LogP contribution in [0.15, 0.2) is 60.9 Å². The predicted molar refractivity (Wildman–Crippen MR) is 125 cm³/mol. The minimum absolute atomic E-state index is 0.152. The minimum atomic E-state index is -0.451. The number of rotatable bonds is 11. The van der Waals surface area contributed by atoms with Gasteiger partial charge < -0.3 is 4.74 Å². The summed E-state index contributed by atoms with van der Waals surface area (Å²) in [5.74, 6) is -0.299. The van der Waals surface area contributed by atoms with E-state index in [1.807, 2.05) is 24.3 Å². The van der Waals surface area contributed by atoms with Gasteiger partial charge in [-0.05, 0) is 42.7 Å². The van der Waals surface area contributed by atoms with Crippen molar-refractivity contribution in [2.45, 2.75) is 58.3 Å². The average Bonchev–Trinajstić information content (AvgIpc) is 2.84. The van der Waals surface area contributed by atoms with Gasteiger partial charge in [0.2, 0.25) is 5.88 Å². The molecule has 3 rings (SSSR count). The van der Waals surface area contributed by atoms with Gasteiger partial charge >= 0.3 is 5.97 Å². The van der Waals surface area contributed by atoms with Gasteiger partial charge in [0.25, 0.3) is 0 Å². The van der Waals surface area contributed by atoms with Crippen LogP contribution < -0.4 is 4.74 Å². The molecular formula is C27H29N3O2. The second kappa shape index (κ2) is 12.4. The molecule has 5 heteroatoms. The molecular weight excluding hydrogens is 398 g/mol. The number of nitriles is 1. The van der Waals surface area contributed by atoms with E-state index < -0.39 is 5.97 Å². The second-order valence-electron chi connectivity index (χ2n) is 7.89. The molecule has 0 amide bonds. The summed E-state index contributed by atoms with van der Waals surface area (Å²) in [4.78, 5) is 20.9. The Balaban J connectivity index is 1.47. The number of hydrogen-bond acceptors (Lipinski definition) is 5. The number of unbranched alkanes of at least 4 members (excludes halogenated alkanes) is 6. The lowest BCUT2D eigenvalue weighted by Gasteiger charge is -2.06. The zero-order chi connectivity index (χ0) is 22.6. The third kappa shape index (κ3) is 7.02. The Morgan fingerprint density at radius 3 is 2.19 bits per heavy atom. The van der Waals surface area contributed by atoms with Gasteiger partial charge in [-0.15, -0.1) is 0 Å². The Morgan fingerprint density at radius 2 is 1.56 bits per heavy atom. The van der Waals surface area contributed by atoms with Gasteiger partial charge in [-0.3, -0.25) is 0 Å². The highest BCUT2D eigenvalue weighted by molar-refractivity contribution is 5.90. The fraction of sp³-hybridized carbons (Fsp3) is 0.333. The monoisotopic (exact) mass is 427 g/mol. The zero-order valence-electron chi connectivity index (χ0n) is 18.6. The Kier molecular flexibility index (Phi) is 8.94. The van der Waals surface area contributed by atoms with Crippen molar-refractivity contribution >= 4 is 5.97 Å². The third-order valence-corrected chi connectivity index (χ3v) is 5.39. The number of esters is 1. The normalized spacial score (nSPS) is 10.5. The largest absolute Gasteiger partial charge is 0.402 e. The van der Waals surface area contributed by atoms with E-state index in [2.05, 4.69) is 23.0 Å². The molecule has 32 heavy (non-hydrogen) atoms. The fourth-order valence-electron chi connectivity index (χ4n) is 3.48. The maximum Gasteiger partial charge on any atom is 0.344 e. The van der Waals surface area contributed by atoms with Crippen LogP contribution in [0.2, 0.25) is 0 Å². The molecule has 0 bridgehead atoms. The molecule has 0 fully saturated rings. The number of aromatic nitrogens is 2. The Morgan fingerprint density at radius 1 is 0.875 bits per heavy atom. The van der Waals surface area contributed by atoms with Crippen molar-refractivity contribution in [2.75, 3.05) is 0 Å². The molecule has 164 valence electrons. The summed E-state index contributed by atoms with van der Waals surface area (Å²) in [6.45, 7) is 2.24. The second-order valence-corrected chi connectivity index (χ2v) is 7.89. The van der Waals surface area contributed by atoms with E-state index in [0.717, 1.165) is 12.0 Å². The van der Waals surface area contributed by atoms with E-state index >= 15 is 0 Å². The van der Waals surface area contributed by atoms with Crippen molar-refractivity contribution in [1.82, 2.24) is 9.97 Å². The third-order valence-electron chi connectivity index (χ3n) is 5.39. The van der Waals surface area contributed by atoms with Gasteiger partial charge in [-0.25, -0.2) is 14.8 Å². The van der Waals surface area contributed by atoms with Gasteiger partial charge in [0, 0.05) is 5.56 Å². The molecule has 5 nitrogen and oxygen atoms in total. The van der Waals surface area contributed by atoms with Crippen LogP contribution in [0, 0.1) is 11.3 Å². The van der Waals surface area contributed by atoms with Gasteiger partial charge in [0.05, 0.1) is 35.3 Å². The summed E-state index contributed by atoms with van der Waals surface area (Å²) >= 11 is 0. The number of carbonyl (C=O) groups is 1. The number of carbonyl (C=O) groups excluding carboxylic acids is 1. The molecule has 0 atom stereocenters. The van der Waals surface area contributed by atoms with Crippen molar-refractivity contribution in [1.29, 1.82) is 5.26 Å². The lowest BCUT2D eigenvalue weighted by Crippen LogP contribution is -2.09. The molecule has 3 aromatic rings. The van der Waals surface area contributed by atoms with Crippen molar-refractivity contribution in [3.8, 4) is 23.2 Å². The topological polar surface area (TPSA) is 75.9 Å². The van der Waals surface area contributed by atoms with Gasteiger partial charge in [-0.2, -0.15) is 5.26 Å². The number of benzene rings is 2. The van der Waals surface area contributed by atoms with Crippen LogP contribution in [-0.2, 0) is 6.42 Å². The SMILES string of the molecule is CCCCCCCCCc1ccc(C(=O)Oc2cnc(-c3ccc(C#N)cc3)cn2)cc1. The van der Waals surface area contributed by atoms with Crippen LogP contribution >= 0.6 is 0 Å². The molecule has 2 aromatic carbocycles. The fourth-order valence-corrected chi connectivity index (χ4v) is 3.48. The molecule has 0 saturated heterocycles. The van der Waals surface area contributed by atoms with Crippen molar-refractivity contribution < 1.29 is 9.53 Å². The minimum Gasteiger partial charge on any atom is -0.402 e. The highest BCUT2D eigenvalue weighted by Gasteiger charge is 2.10. The van der Waals surface area contributed by atoms with Gasteiger partial charge in [-0.1, -0.05) is 69.7 Å². The van der Waals surface area contributed by atoms with E-state index in [0.29, 0.717) is 16.8 Å². The van der Waals surface area contributed by atoms with Crippen LogP contribution in [0.25, 0.3) is 11.3 Å². The van der Waals surface area contributed by atoms with Crippen LogP contribution in [0.1, 0.15) is 73.4 Å². The highest BCUT2D eigenvalue weighted by Crippen LogP contribution is 2.19. The van der Waals surface area contributed by atoms with Gasteiger partial charge in [0.15, 0.2) is 0 Å². The number of nitrogens with zero attached hydrogens (tertiary/aromatic N) is 3. The quantitative estimate of drug-likeness (QED) is 0.257. The predicted octanol–water partition coefficient (Wildman–Crippen LogP) is 6.53. The summed E-state index contributed by atoms with van der Waals surface area (Å²) < 4.78 is 5.36. The smallest absolute Gasteiger partial charge is 0.344 e.